The average Bonchev–Trinajstić information content (AvgIpc) is 2.76. The number of benzene rings is 3. The Labute approximate surface area is 179 Å². The summed E-state index contributed by atoms with van der Waals surface area (Å²) >= 11 is 0. The molecular weight excluding hydrogens is 405 g/mol. The van der Waals surface area contributed by atoms with Gasteiger partial charge in [-0.1, -0.05) is 48.5 Å². The van der Waals surface area contributed by atoms with Crippen molar-refractivity contribution in [3.63, 3.8) is 0 Å². The summed E-state index contributed by atoms with van der Waals surface area (Å²) in [6, 6.07) is 21.0. The SMILES string of the molecule is O=Cc1cc(-c2ccc(OC(F)(F)F)cc2)ccc1OCCCCCc1ccccc1. The molecule has 0 unspecified atom stereocenters. The predicted molar refractivity (Wildman–Crippen MR) is 113 cm³/mol. The zero-order valence-electron chi connectivity index (χ0n) is 16.9. The molecule has 31 heavy (non-hydrogen) atoms. The van der Waals surface area contributed by atoms with E-state index in [0.29, 0.717) is 29.0 Å². The van der Waals surface area contributed by atoms with Crippen LogP contribution in [0, 0.1) is 0 Å². The van der Waals surface area contributed by atoms with Gasteiger partial charge >= 0.3 is 6.36 Å². The molecular formula is C25H23F3O3. The van der Waals surface area contributed by atoms with E-state index >= 15 is 0 Å². The Morgan fingerprint density at radius 1 is 0.806 bits per heavy atom. The van der Waals surface area contributed by atoms with Crippen molar-refractivity contribution in [1.82, 2.24) is 0 Å². The number of ether oxygens (including phenoxy) is 2. The van der Waals surface area contributed by atoms with Crippen molar-refractivity contribution in [2.24, 2.45) is 0 Å². The first-order chi connectivity index (χ1) is 14.9. The molecule has 0 bridgehead atoms. The first-order valence-electron chi connectivity index (χ1n) is 10.1. The minimum atomic E-state index is -4.73. The fourth-order valence-electron chi connectivity index (χ4n) is 3.24. The highest BCUT2D eigenvalue weighted by atomic mass is 19.4. The van der Waals surface area contributed by atoms with Gasteiger partial charge in [-0.2, -0.15) is 0 Å². The van der Waals surface area contributed by atoms with E-state index in [1.54, 1.807) is 18.2 Å². The van der Waals surface area contributed by atoms with Gasteiger partial charge in [0, 0.05) is 0 Å². The normalized spacial score (nSPS) is 11.2. The summed E-state index contributed by atoms with van der Waals surface area (Å²) in [5.41, 5.74) is 3.10. The number of alkyl halides is 3. The molecule has 3 rings (SSSR count). The van der Waals surface area contributed by atoms with Gasteiger partial charge in [0.1, 0.15) is 11.5 Å². The molecule has 0 atom stereocenters. The maximum Gasteiger partial charge on any atom is 0.573 e. The molecule has 0 amide bonds. The second kappa shape index (κ2) is 10.7. The third kappa shape index (κ3) is 7.17. The molecule has 0 saturated carbocycles. The van der Waals surface area contributed by atoms with Gasteiger partial charge in [0.05, 0.1) is 12.2 Å². The molecule has 0 N–H and O–H groups in total. The van der Waals surface area contributed by atoms with Crippen LogP contribution >= 0.6 is 0 Å². The Kier molecular flexibility index (Phi) is 7.70. The number of aryl methyl sites for hydroxylation is 1. The lowest BCUT2D eigenvalue weighted by molar-refractivity contribution is -0.274. The first-order valence-corrected chi connectivity index (χ1v) is 10.1. The second-order valence-electron chi connectivity index (χ2n) is 7.09. The van der Waals surface area contributed by atoms with Crippen LogP contribution in [0.25, 0.3) is 11.1 Å². The Bertz CT molecular complexity index is 968. The first kappa shape index (κ1) is 22.4. The molecule has 162 valence electrons. The van der Waals surface area contributed by atoms with E-state index < -0.39 is 6.36 Å². The standard InChI is InChI=1S/C25H23F3O3/c26-25(27,28)31-23-13-10-20(11-14-23)21-12-15-24(22(17-21)18-29)30-16-6-2-5-9-19-7-3-1-4-8-19/h1,3-4,7-8,10-15,17-18H,2,5-6,9,16H2. The quantitative estimate of drug-likeness (QED) is 0.261. The summed E-state index contributed by atoms with van der Waals surface area (Å²) in [5, 5.41) is 0. The van der Waals surface area contributed by atoms with Crippen LogP contribution in [0.1, 0.15) is 35.2 Å². The van der Waals surface area contributed by atoms with Gasteiger partial charge in [0.2, 0.25) is 0 Å². The Morgan fingerprint density at radius 3 is 2.19 bits per heavy atom. The van der Waals surface area contributed by atoms with E-state index in [9.17, 15) is 18.0 Å². The van der Waals surface area contributed by atoms with Crippen molar-refractivity contribution < 1.29 is 27.4 Å². The smallest absolute Gasteiger partial charge is 0.493 e. The Balaban J connectivity index is 1.52. The molecule has 0 fully saturated rings. The lowest BCUT2D eigenvalue weighted by Crippen LogP contribution is -2.16. The predicted octanol–water partition coefficient (Wildman–Crippen LogP) is 6.86. The van der Waals surface area contributed by atoms with Crippen molar-refractivity contribution in [3.8, 4) is 22.6 Å². The number of hydrogen-bond donors (Lipinski definition) is 0. The fourth-order valence-corrected chi connectivity index (χ4v) is 3.24. The lowest BCUT2D eigenvalue weighted by Gasteiger charge is -2.12. The molecule has 0 heterocycles. The molecule has 3 nitrogen and oxygen atoms in total. The highest BCUT2D eigenvalue weighted by Gasteiger charge is 2.30. The molecule has 3 aromatic rings. The van der Waals surface area contributed by atoms with Gasteiger partial charge in [-0.15, -0.1) is 13.2 Å². The number of unbranched alkanes of at least 4 members (excludes halogenated alkanes) is 2. The van der Waals surface area contributed by atoms with E-state index in [2.05, 4.69) is 16.9 Å². The molecule has 0 aliphatic rings. The minimum Gasteiger partial charge on any atom is -0.493 e. The van der Waals surface area contributed by atoms with Crippen LogP contribution in [0.4, 0.5) is 13.2 Å². The molecule has 0 aromatic heterocycles. The van der Waals surface area contributed by atoms with Crippen LogP contribution in [0.2, 0.25) is 0 Å². The molecule has 0 spiro atoms. The summed E-state index contributed by atoms with van der Waals surface area (Å²) in [4.78, 5) is 11.5. The van der Waals surface area contributed by atoms with E-state index in [0.717, 1.165) is 32.0 Å². The Hall–Kier alpha value is -3.28. The summed E-state index contributed by atoms with van der Waals surface area (Å²) in [5.74, 6) is 0.206. The monoisotopic (exact) mass is 428 g/mol. The van der Waals surface area contributed by atoms with Crippen molar-refractivity contribution in [2.45, 2.75) is 32.0 Å². The van der Waals surface area contributed by atoms with E-state index in [1.807, 2.05) is 18.2 Å². The maximum atomic E-state index is 12.3. The maximum absolute atomic E-state index is 12.3. The minimum absolute atomic E-state index is 0.293. The van der Waals surface area contributed by atoms with Crippen LogP contribution < -0.4 is 9.47 Å². The second-order valence-corrected chi connectivity index (χ2v) is 7.09. The van der Waals surface area contributed by atoms with Gasteiger partial charge in [0.15, 0.2) is 6.29 Å². The van der Waals surface area contributed by atoms with Crippen LogP contribution in [-0.2, 0) is 6.42 Å². The molecule has 0 aliphatic carbocycles. The van der Waals surface area contributed by atoms with Crippen molar-refractivity contribution in [1.29, 1.82) is 0 Å². The molecule has 3 aromatic carbocycles. The van der Waals surface area contributed by atoms with Crippen LogP contribution in [0.5, 0.6) is 11.5 Å². The van der Waals surface area contributed by atoms with Crippen molar-refractivity contribution >= 4 is 6.29 Å². The summed E-state index contributed by atoms with van der Waals surface area (Å²) in [6.07, 6.45) is -0.00573. The largest absolute Gasteiger partial charge is 0.573 e. The highest BCUT2D eigenvalue weighted by molar-refractivity contribution is 5.83. The zero-order chi connectivity index (χ0) is 22.1. The van der Waals surface area contributed by atoms with E-state index in [1.165, 1.54) is 29.8 Å². The third-order valence-corrected chi connectivity index (χ3v) is 4.77. The Morgan fingerprint density at radius 2 is 1.52 bits per heavy atom. The van der Waals surface area contributed by atoms with Crippen LogP contribution in [0.3, 0.4) is 0 Å². The third-order valence-electron chi connectivity index (χ3n) is 4.77. The molecule has 0 saturated heterocycles. The number of halogens is 3. The number of carbonyl (C=O) groups excluding carboxylic acids is 1. The number of rotatable bonds is 10. The van der Waals surface area contributed by atoms with Gasteiger partial charge in [-0.3, -0.25) is 4.79 Å². The van der Waals surface area contributed by atoms with Gasteiger partial charge in [-0.05, 0) is 66.6 Å². The van der Waals surface area contributed by atoms with Gasteiger partial charge < -0.3 is 9.47 Å². The lowest BCUT2D eigenvalue weighted by atomic mass is 10.0. The van der Waals surface area contributed by atoms with Crippen molar-refractivity contribution in [2.75, 3.05) is 6.61 Å². The van der Waals surface area contributed by atoms with Gasteiger partial charge in [-0.25, -0.2) is 0 Å². The molecule has 0 aliphatic heterocycles. The highest BCUT2D eigenvalue weighted by Crippen LogP contribution is 2.29. The molecule has 0 radical (unpaired) electrons. The molecule has 6 heteroatoms. The number of carbonyl (C=O) groups is 1. The van der Waals surface area contributed by atoms with E-state index in [-0.39, 0.29) is 5.75 Å². The van der Waals surface area contributed by atoms with Crippen LogP contribution in [0.15, 0.2) is 72.8 Å². The summed E-state index contributed by atoms with van der Waals surface area (Å²) in [7, 11) is 0. The summed E-state index contributed by atoms with van der Waals surface area (Å²) < 4.78 is 46.5. The fraction of sp³-hybridized carbons (Fsp3) is 0.240. The van der Waals surface area contributed by atoms with Gasteiger partial charge in [0.25, 0.3) is 0 Å². The number of aldehydes is 1. The van der Waals surface area contributed by atoms with Crippen molar-refractivity contribution in [3.05, 3.63) is 83.9 Å². The average molecular weight is 428 g/mol. The summed E-state index contributed by atoms with van der Waals surface area (Å²) in [6.45, 7) is 0.512. The zero-order valence-corrected chi connectivity index (χ0v) is 16.9. The van der Waals surface area contributed by atoms with E-state index in [4.69, 9.17) is 4.74 Å². The topological polar surface area (TPSA) is 35.5 Å². The van der Waals surface area contributed by atoms with Crippen LogP contribution in [-0.4, -0.2) is 19.3 Å². The number of hydrogen-bond acceptors (Lipinski definition) is 3.